The van der Waals surface area contributed by atoms with E-state index in [-0.39, 0.29) is 36.5 Å². The smallest absolute Gasteiger partial charge is 0.274 e. The number of benzene rings is 1. The van der Waals surface area contributed by atoms with E-state index in [0.29, 0.717) is 18.8 Å². The van der Waals surface area contributed by atoms with E-state index in [1.807, 2.05) is 45.9 Å². The molecule has 0 saturated carbocycles. The molecule has 1 aliphatic rings. The van der Waals surface area contributed by atoms with Crippen LogP contribution in [0.15, 0.2) is 40.9 Å². The molecule has 0 spiro atoms. The molecule has 40 heavy (non-hydrogen) atoms. The number of nitrogens with one attached hydrogen (secondary N) is 3. The Morgan fingerprint density at radius 1 is 1.05 bits per heavy atom. The number of ketones is 1. The van der Waals surface area contributed by atoms with Crippen molar-refractivity contribution in [2.24, 2.45) is 5.92 Å². The summed E-state index contributed by atoms with van der Waals surface area (Å²) in [5.41, 5.74) is 0.499. The molecule has 3 amide bonds. The van der Waals surface area contributed by atoms with Crippen molar-refractivity contribution in [1.82, 2.24) is 21.1 Å². The standard InChI is InChI=1S/C22H34N4O7.C7H8/c1-12(2)7-14(19(28)22(5)11-32-22)24-18(27)9-23-20(29)16(10-31-6)25-21(30)15-8-17(13(3)4)33-26-15;1-7-5-3-2-4-6-7/h8,12-14,16H,7,9-11H2,1-6H3,(H,23,29)(H,24,27)(H,25,30);2-6H,1H3/t14-,16-,22+;/m0./s1. The van der Waals surface area contributed by atoms with E-state index in [2.05, 4.69) is 40.2 Å². The fraction of sp³-hybridized carbons (Fsp3) is 0.552. The predicted molar refractivity (Wildman–Crippen MR) is 149 cm³/mol. The number of hydrogen-bond acceptors (Lipinski definition) is 8. The van der Waals surface area contributed by atoms with Gasteiger partial charge in [-0.05, 0) is 26.2 Å². The van der Waals surface area contributed by atoms with E-state index in [4.69, 9.17) is 14.0 Å². The molecular formula is C29H42N4O7. The lowest BCUT2D eigenvalue weighted by Gasteiger charge is -2.22. The van der Waals surface area contributed by atoms with Crippen LogP contribution >= 0.6 is 0 Å². The highest BCUT2D eigenvalue weighted by atomic mass is 16.6. The average Bonchev–Trinajstić information content (AvgIpc) is 3.45. The summed E-state index contributed by atoms with van der Waals surface area (Å²) in [5.74, 6) is -1.16. The van der Waals surface area contributed by atoms with Gasteiger partial charge in [0.2, 0.25) is 11.8 Å². The highest BCUT2D eigenvalue weighted by molar-refractivity contribution is 5.98. The van der Waals surface area contributed by atoms with Gasteiger partial charge in [0.15, 0.2) is 11.5 Å². The highest BCUT2D eigenvalue weighted by Crippen LogP contribution is 2.29. The maximum absolute atomic E-state index is 12.6. The van der Waals surface area contributed by atoms with Crippen molar-refractivity contribution in [3.05, 3.63) is 53.4 Å². The van der Waals surface area contributed by atoms with Crippen LogP contribution in [0.5, 0.6) is 0 Å². The predicted octanol–water partition coefficient (Wildman–Crippen LogP) is 2.54. The van der Waals surface area contributed by atoms with Gasteiger partial charge in [-0.2, -0.15) is 0 Å². The zero-order valence-electron chi connectivity index (χ0n) is 24.4. The second-order valence-corrected chi connectivity index (χ2v) is 10.8. The minimum Gasteiger partial charge on any atom is -0.382 e. The number of ether oxygens (including phenoxy) is 2. The number of epoxide rings is 1. The lowest BCUT2D eigenvalue weighted by Crippen LogP contribution is -2.53. The first-order chi connectivity index (χ1) is 18.9. The van der Waals surface area contributed by atoms with Gasteiger partial charge in [0.1, 0.15) is 17.4 Å². The molecule has 0 unspecified atom stereocenters. The molecule has 1 fully saturated rings. The van der Waals surface area contributed by atoms with Crippen molar-refractivity contribution in [1.29, 1.82) is 0 Å². The van der Waals surface area contributed by atoms with Crippen molar-refractivity contribution in [3.8, 4) is 0 Å². The van der Waals surface area contributed by atoms with Crippen molar-refractivity contribution < 1.29 is 33.2 Å². The minimum absolute atomic E-state index is 0.0381. The van der Waals surface area contributed by atoms with Crippen molar-refractivity contribution in [3.63, 3.8) is 0 Å². The first-order valence-electron chi connectivity index (χ1n) is 13.4. The normalized spacial score (nSPS) is 17.3. The summed E-state index contributed by atoms with van der Waals surface area (Å²) in [5, 5.41) is 11.4. The van der Waals surface area contributed by atoms with Crippen molar-refractivity contribution >= 4 is 23.5 Å². The van der Waals surface area contributed by atoms with Crippen LogP contribution in [-0.2, 0) is 23.9 Å². The average molecular weight is 559 g/mol. The Hall–Kier alpha value is -3.57. The van der Waals surface area contributed by atoms with Crippen LogP contribution in [0, 0.1) is 12.8 Å². The summed E-state index contributed by atoms with van der Waals surface area (Å²) >= 11 is 0. The van der Waals surface area contributed by atoms with Crippen LogP contribution in [0.3, 0.4) is 0 Å². The molecular weight excluding hydrogens is 516 g/mol. The van der Waals surface area contributed by atoms with Crippen molar-refractivity contribution in [2.75, 3.05) is 26.9 Å². The molecule has 0 radical (unpaired) electrons. The molecule has 2 aromatic rings. The van der Waals surface area contributed by atoms with Gasteiger partial charge < -0.3 is 29.9 Å². The first kappa shape index (κ1) is 32.6. The monoisotopic (exact) mass is 558 g/mol. The molecule has 3 atom stereocenters. The second kappa shape index (κ2) is 15.3. The van der Waals surface area contributed by atoms with Gasteiger partial charge in [0, 0.05) is 19.1 Å². The first-order valence-corrected chi connectivity index (χ1v) is 13.4. The molecule has 1 aromatic carbocycles. The summed E-state index contributed by atoms with van der Waals surface area (Å²) in [7, 11) is 1.38. The zero-order valence-corrected chi connectivity index (χ0v) is 24.4. The number of methoxy groups -OCH3 is 1. The molecule has 11 heteroatoms. The SMILES string of the molecule is COC[C@H](NC(=O)c1cc(C(C)C)on1)C(=O)NCC(=O)N[C@@H](CC(C)C)C(=O)[C@@]1(C)CO1.Cc1ccccc1. The molecule has 0 aliphatic carbocycles. The minimum atomic E-state index is -1.05. The zero-order chi connectivity index (χ0) is 29.9. The van der Waals surface area contributed by atoms with Crippen LogP contribution in [0.2, 0.25) is 0 Å². The van der Waals surface area contributed by atoms with Crippen LogP contribution in [0.25, 0.3) is 0 Å². The van der Waals surface area contributed by atoms with E-state index in [1.165, 1.54) is 18.7 Å². The molecule has 1 aromatic heterocycles. The molecule has 3 N–H and O–H groups in total. The Labute approximate surface area is 235 Å². The van der Waals surface area contributed by atoms with Crippen LogP contribution in [0.4, 0.5) is 0 Å². The van der Waals surface area contributed by atoms with Crippen LogP contribution in [-0.4, -0.2) is 73.2 Å². The van der Waals surface area contributed by atoms with Gasteiger partial charge >= 0.3 is 0 Å². The number of aromatic nitrogens is 1. The van der Waals surface area contributed by atoms with Gasteiger partial charge in [-0.15, -0.1) is 0 Å². The molecule has 2 heterocycles. The Kier molecular flexibility index (Phi) is 12.5. The third-order valence-corrected chi connectivity index (χ3v) is 6.11. The summed E-state index contributed by atoms with van der Waals surface area (Å²) < 4.78 is 15.3. The maximum atomic E-state index is 12.6. The number of Topliss-reactive ketones (excluding diaryl/α,β-unsaturated/α-hetero) is 1. The summed E-state index contributed by atoms with van der Waals surface area (Å²) in [6.45, 7) is 11.3. The number of aryl methyl sites for hydroxylation is 1. The molecule has 220 valence electrons. The van der Waals surface area contributed by atoms with E-state index in [9.17, 15) is 19.2 Å². The molecule has 3 rings (SSSR count). The number of rotatable bonds is 13. The number of carbonyl (C=O) groups is 4. The number of hydrogen-bond donors (Lipinski definition) is 3. The molecule has 1 aliphatic heterocycles. The lowest BCUT2D eigenvalue weighted by molar-refractivity contribution is -0.131. The summed E-state index contributed by atoms with van der Waals surface area (Å²) in [6, 6.07) is 10.0. The van der Waals surface area contributed by atoms with E-state index < -0.39 is 35.4 Å². The molecule has 0 bridgehead atoms. The Balaban J connectivity index is 0.000000693. The van der Waals surface area contributed by atoms with Crippen molar-refractivity contribution in [2.45, 2.75) is 71.6 Å². The van der Waals surface area contributed by atoms with E-state index in [0.717, 1.165) is 0 Å². The van der Waals surface area contributed by atoms with Gasteiger partial charge in [0.05, 0.1) is 25.8 Å². The third-order valence-electron chi connectivity index (χ3n) is 6.11. The Morgan fingerprint density at radius 2 is 1.70 bits per heavy atom. The van der Waals surface area contributed by atoms with E-state index >= 15 is 0 Å². The number of nitrogens with zero attached hydrogens (tertiary/aromatic N) is 1. The Morgan fingerprint density at radius 3 is 2.17 bits per heavy atom. The van der Waals surface area contributed by atoms with Gasteiger partial charge in [0.25, 0.3) is 5.91 Å². The van der Waals surface area contributed by atoms with Crippen LogP contribution in [0.1, 0.15) is 68.8 Å². The van der Waals surface area contributed by atoms with Crippen LogP contribution < -0.4 is 16.0 Å². The summed E-state index contributed by atoms with van der Waals surface area (Å²) in [6.07, 6.45) is 0.454. The maximum Gasteiger partial charge on any atom is 0.274 e. The molecule has 1 saturated heterocycles. The summed E-state index contributed by atoms with van der Waals surface area (Å²) in [4.78, 5) is 50.0. The topological polar surface area (TPSA) is 152 Å². The molecule has 11 nitrogen and oxygen atoms in total. The van der Waals surface area contributed by atoms with E-state index in [1.54, 1.807) is 6.92 Å². The lowest BCUT2D eigenvalue weighted by atomic mass is 9.93. The largest absolute Gasteiger partial charge is 0.382 e. The Bertz CT molecular complexity index is 1130. The van der Waals surface area contributed by atoms with Gasteiger partial charge in [-0.3, -0.25) is 19.2 Å². The quantitative estimate of drug-likeness (QED) is 0.317. The third kappa shape index (κ3) is 10.5. The second-order valence-electron chi connectivity index (χ2n) is 10.8. The highest BCUT2D eigenvalue weighted by Gasteiger charge is 2.50. The fourth-order valence-electron chi connectivity index (χ4n) is 3.64. The number of carbonyl (C=O) groups excluding carboxylic acids is 4. The number of amides is 3. The van der Waals surface area contributed by atoms with Gasteiger partial charge in [-0.1, -0.05) is 68.7 Å². The van der Waals surface area contributed by atoms with Gasteiger partial charge in [-0.25, -0.2) is 0 Å². The fourth-order valence-corrected chi connectivity index (χ4v) is 3.64.